The highest BCUT2D eigenvalue weighted by Gasteiger charge is 2.58. The number of esters is 2. The summed E-state index contributed by atoms with van der Waals surface area (Å²) in [6, 6.07) is 0. The average Bonchev–Trinajstić information content (AvgIpc) is 3.10. The average molecular weight is 415 g/mol. The molecule has 1 heterocycles. The molecule has 3 rings (SSSR count). The van der Waals surface area contributed by atoms with E-state index < -0.39 is 6.10 Å². The van der Waals surface area contributed by atoms with Crippen molar-refractivity contribution in [3.05, 3.63) is 46.4 Å². The molecule has 5 heteroatoms. The molecule has 1 saturated carbocycles. The van der Waals surface area contributed by atoms with E-state index in [4.69, 9.17) is 13.9 Å². The number of fused-ring (bicyclic) bond motifs is 2. The molecule has 0 bridgehead atoms. The molecule has 0 amide bonds. The van der Waals surface area contributed by atoms with Crippen LogP contribution in [0.3, 0.4) is 0 Å². The zero-order valence-electron chi connectivity index (χ0n) is 19.2. The van der Waals surface area contributed by atoms with Gasteiger partial charge in [-0.2, -0.15) is 0 Å². The van der Waals surface area contributed by atoms with Gasteiger partial charge in [-0.05, 0) is 58.9 Å². The highest BCUT2D eigenvalue weighted by Crippen LogP contribution is 2.60. The van der Waals surface area contributed by atoms with Gasteiger partial charge in [0, 0.05) is 34.5 Å². The summed E-state index contributed by atoms with van der Waals surface area (Å²) in [4.78, 5) is 25.3. The fourth-order valence-corrected chi connectivity index (χ4v) is 5.02. The Labute approximate surface area is 179 Å². The van der Waals surface area contributed by atoms with Gasteiger partial charge in [0.1, 0.15) is 18.0 Å². The first-order chi connectivity index (χ1) is 14.1. The molecule has 2 aliphatic carbocycles. The van der Waals surface area contributed by atoms with Gasteiger partial charge in [-0.1, -0.05) is 26.0 Å². The lowest BCUT2D eigenvalue weighted by atomic mass is 9.53. The predicted octanol–water partition coefficient (Wildman–Crippen LogP) is 5.63. The van der Waals surface area contributed by atoms with Crippen LogP contribution in [0, 0.1) is 24.2 Å². The lowest BCUT2D eigenvalue weighted by Gasteiger charge is -2.54. The molecule has 1 aromatic rings. The summed E-state index contributed by atoms with van der Waals surface area (Å²) in [6.45, 7) is 13.6. The number of hydrogen-bond acceptors (Lipinski definition) is 5. The standard InChI is InChI=1S/C25H34O5/c1-8-14(3)23(26)29-19-11-10-17(6)25(7)18(19)12-20-21(16(5)13-28-20)22(25)30-24(27)15(4)9-2/h8-9,13,17-19,22H,10-12H2,1-7H3/t17-,18-,19+,22+,25+/m0/s1. The Hall–Kier alpha value is -2.30. The summed E-state index contributed by atoms with van der Waals surface area (Å²) in [7, 11) is 0. The van der Waals surface area contributed by atoms with Gasteiger partial charge in [-0.15, -0.1) is 0 Å². The summed E-state index contributed by atoms with van der Waals surface area (Å²) < 4.78 is 18.0. The van der Waals surface area contributed by atoms with Gasteiger partial charge in [-0.25, -0.2) is 9.59 Å². The van der Waals surface area contributed by atoms with E-state index in [9.17, 15) is 9.59 Å². The first-order valence-corrected chi connectivity index (χ1v) is 10.9. The third kappa shape index (κ3) is 3.63. The van der Waals surface area contributed by atoms with Gasteiger partial charge in [0.25, 0.3) is 0 Å². The molecule has 164 valence electrons. The van der Waals surface area contributed by atoms with E-state index in [1.54, 1.807) is 32.3 Å². The Morgan fingerprint density at radius 1 is 1.10 bits per heavy atom. The maximum Gasteiger partial charge on any atom is 0.334 e. The molecule has 0 saturated heterocycles. The maximum absolute atomic E-state index is 12.8. The Morgan fingerprint density at radius 2 is 1.70 bits per heavy atom. The van der Waals surface area contributed by atoms with Crippen molar-refractivity contribution in [2.45, 2.75) is 79.9 Å². The largest absolute Gasteiger partial charge is 0.469 e. The third-order valence-corrected chi connectivity index (χ3v) is 7.52. The van der Waals surface area contributed by atoms with Gasteiger partial charge >= 0.3 is 11.9 Å². The van der Waals surface area contributed by atoms with E-state index in [1.807, 2.05) is 20.8 Å². The zero-order chi connectivity index (χ0) is 22.2. The predicted molar refractivity (Wildman–Crippen MR) is 115 cm³/mol. The molecule has 0 N–H and O–H groups in total. The number of carbonyl (C=O) groups excluding carboxylic acids is 2. The number of aryl methyl sites for hydroxylation is 1. The third-order valence-electron chi connectivity index (χ3n) is 7.52. The Bertz CT molecular complexity index is 889. The number of furan rings is 1. The molecule has 1 aromatic heterocycles. The molecular weight excluding hydrogens is 380 g/mol. The van der Waals surface area contributed by atoms with Crippen molar-refractivity contribution in [1.82, 2.24) is 0 Å². The molecule has 0 radical (unpaired) electrons. The number of carbonyl (C=O) groups is 2. The van der Waals surface area contributed by atoms with Crippen LogP contribution in [-0.2, 0) is 25.5 Å². The molecule has 0 spiro atoms. The molecule has 0 aromatic carbocycles. The van der Waals surface area contributed by atoms with Crippen molar-refractivity contribution in [2.75, 3.05) is 0 Å². The molecule has 5 nitrogen and oxygen atoms in total. The first-order valence-electron chi connectivity index (χ1n) is 10.9. The van der Waals surface area contributed by atoms with Crippen molar-refractivity contribution in [3.8, 4) is 0 Å². The van der Waals surface area contributed by atoms with Crippen molar-refractivity contribution < 1.29 is 23.5 Å². The van der Waals surface area contributed by atoms with Crippen LogP contribution in [0.1, 0.15) is 77.4 Å². The molecule has 30 heavy (non-hydrogen) atoms. The minimum absolute atomic E-state index is 0.0108. The fraction of sp³-hybridized carbons (Fsp3) is 0.600. The smallest absolute Gasteiger partial charge is 0.334 e. The van der Waals surface area contributed by atoms with E-state index in [0.717, 1.165) is 29.7 Å². The quantitative estimate of drug-likeness (QED) is 0.472. The Kier molecular flexibility index (Phi) is 6.30. The van der Waals surface area contributed by atoms with Gasteiger partial charge in [-0.3, -0.25) is 0 Å². The summed E-state index contributed by atoms with van der Waals surface area (Å²) in [6.07, 6.45) is 6.98. The zero-order valence-corrected chi connectivity index (χ0v) is 19.2. The van der Waals surface area contributed by atoms with Crippen LogP contribution in [0.2, 0.25) is 0 Å². The lowest BCUT2D eigenvalue weighted by Crippen LogP contribution is -2.54. The van der Waals surface area contributed by atoms with Gasteiger partial charge in [0.15, 0.2) is 0 Å². The van der Waals surface area contributed by atoms with Crippen molar-refractivity contribution in [1.29, 1.82) is 0 Å². The molecular formula is C25H34O5. The first kappa shape index (κ1) is 22.4. The number of allylic oxidation sites excluding steroid dienone is 2. The summed E-state index contributed by atoms with van der Waals surface area (Å²) in [5.74, 6) is 0.554. The molecule has 1 fully saturated rings. The highest BCUT2D eigenvalue weighted by atomic mass is 16.6. The lowest BCUT2D eigenvalue weighted by molar-refractivity contribution is -0.185. The van der Waals surface area contributed by atoms with E-state index in [2.05, 4.69) is 13.8 Å². The summed E-state index contributed by atoms with van der Waals surface area (Å²) in [5, 5.41) is 0. The van der Waals surface area contributed by atoms with Crippen LogP contribution in [0.25, 0.3) is 0 Å². The molecule has 5 atom stereocenters. The van der Waals surface area contributed by atoms with Crippen LogP contribution < -0.4 is 0 Å². The molecule has 0 unspecified atom stereocenters. The number of ether oxygens (including phenoxy) is 2. The second kappa shape index (κ2) is 8.44. The Balaban J connectivity index is 2.04. The Morgan fingerprint density at radius 3 is 2.30 bits per heavy atom. The van der Waals surface area contributed by atoms with E-state index in [0.29, 0.717) is 23.5 Å². The minimum atomic E-state index is -0.438. The van der Waals surface area contributed by atoms with Gasteiger partial charge < -0.3 is 13.9 Å². The highest BCUT2D eigenvalue weighted by molar-refractivity contribution is 5.88. The fourth-order valence-electron chi connectivity index (χ4n) is 5.02. The van der Waals surface area contributed by atoms with E-state index in [1.165, 1.54) is 0 Å². The topological polar surface area (TPSA) is 65.7 Å². The van der Waals surface area contributed by atoms with Crippen molar-refractivity contribution in [3.63, 3.8) is 0 Å². The van der Waals surface area contributed by atoms with Gasteiger partial charge in [0.05, 0.1) is 6.26 Å². The van der Waals surface area contributed by atoms with Gasteiger partial charge in [0.2, 0.25) is 0 Å². The van der Waals surface area contributed by atoms with E-state index >= 15 is 0 Å². The molecule has 2 aliphatic rings. The summed E-state index contributed by atoms with van der Waals surface area (Å²) >= 11 is 0. The minimum Gasteiger partial charge on any atom is -0.469 e. The van der Waals surface area contributed by atoms with Crippen LogP contribution in [0.15, 0.2) is 34.0 Å². The van der Waals surface area contributed by atoms with Crippen LogP contribution >= 0.6 is 0 Å². The second-order valence-corrected chi connectivity index (χ2v) is 9.08. The van der Waals surface area contributed by atoms with E-state index in [-0.39, 0.29) is 29.4 Å². The van der Waals surface area contributed by atoms with Crippen LogP contribution in [0.4, 0.5) is 0 Å². The summed E-state index contributed by atoms with van der Waals surface area (Å²) in [5.41, 5.74) is 2.80. The maximum atomic E-state index is 12.8. The normalized spacial score (nSPS) is 31.6. The molecule has 0 aliphatic heterocycles. The monoisotopic (exact) mass is 414 g/mol. The SMILES string of the molecule is CC=C(C)C(=O)O[C@@H]1c2c(C)coc2C[C@H]2[C@H](OC(=O)C(C)=CC)CC[C@H](C)[C@@]12C. The van der Waals surface area contributed by atoms with Crippen LogP contribution in [-0.4, -0.2) is 18.0 Å². The van der Waals surface area contributed by atoms with Crippen molar-refractivity contribution in [2.24, 2.45) is 17.3 Å². The number of hydrogen-bond donors (Lipinski definition) is 0. The second-order valence-electron chi connectivity index (χ2n) is 9.08. The number of rotatable bonds is 4. The van der Waals surface area contributed by atoms with Crippen molar-refractivity contribution >= 4 is 11.9 Å². The van der Waals surface area contributed by atoms with Crippen LogP contribution in [0.5, 0.6) is 0 Å².